The van der Waals surface area contributed by atoms with E-state index < -0.39 is 0 Å². The van der Waals surface area contributed by atoms with Crippen molar-refractivity contribution in [2.75, 3.05) is 26.3 Å². The lowest BCUT2D eigenvalue weighted by molar-refractivity contribution is -0.113. The Bertz CT molecular complexity index is 1520. The molecule has 2 aliphatic rings. The van der Waals surface area contributed by atoms with Gasteiger partial charge in [-0.05, 0) is 66.7 Å². The number of amides is 1. The largest absolute Gasteiger partial charge is 0.489 e. The number of nitrogens with zero attached hydrogens (tertiary/aromatic N) is 4. The average molecular weight is 537 g/mol. The molecule has 3 heterocycles. The molecule has 7 nitrogen and oxygen atoms in total. The number of carbonyl (C=O) groups excluding carboxylic acids is 1. The summed E-state index contributed by atoms with van der Waals surface area (Å²) in [7, 11) is 0. The molecule has 2 aliphatic heterocycles. The zero-order valence-electron chi connectivity index (χ0n) is 21.6. The topological polar surface area (TPSA) is 68.9 Å². The molecule has 0 bridgehead atoms. The quantitative estimate of drug-likeness (QED) is 0.293. The zero-order valence-corrected chi connectivity index (χ0v) is 22.4. The fraction of sp³-hybridized carbons (Fsp3) is 0.194. The molecule has 0 atom stereocenters. The average Bonchev–Trinajstić information content (AvgIpc) is 3.57. The molecule has 6 rings (SSSR count). The summed E-state index contributed by atoms with van der Waals surface area (Å²) in [5, 5.41) is 5.64. The molecule has 1 fully saturated rings. The number of hydrogen-bond donors (Lipinski definition) is 0. The lowest BCUT2D eigenvalue weighted by Crippen LogP contribution is -2.38. The Morgan fingerprint density at radius 1 is 0.974 bits per heavy atom. The van der Waals surface area contributed by atoms with Crippen molar-refractivity contribution in [3.8, 4) is 22.7 Å². The molecule has 3 aromatic carbocycles. The van der Waals surface area contributed by atoms with Gasteiger partial charge in [-0.3, -0.25) is 4.79 Å². The Morgan fingerprint density at radius 2 is 1.72 bits per heavy atom. The van der Waals surface area contributed by atoms with E-state index in [1.165, 1.54) is 17.3 Å². The number of morpholine rings is 1. The third-order valence-electron chi connectivity index (χ3n) is 6.59. The van der Waals surface area contributed by atoms with Crippen molar-refractivity contribution >= 4 is 28.9 Å². The summed E-state index contributed by atoms with van der Waals surface area (Å²) in [4.78, 5) is 19.8. The molecule has 1 amide bonds. The van der Waals surface area contributed by atoms with Gasteiger partial charge in [0, 0.05) is 30.4 Å². The first-order chi connectivity index (χ1) is 19.1. The van der Waals surface area contributed by atoms with Gasteiger partial charge in [0.2, 0.25) is 0 Å². The van der Waals surface area contributed by atoms with Crippen LogP contribution in [0.4, 0.5) is 0 Å². The van der Waals surface area contributed by atoms with Gasteiger partial charge in [0.05, 0.1) is 29.5 Å². The number of aromatic nitrogens is 2. The minimum Gasteiger partial charge on any atom is -0.489 e. The zero-order chi connectivity index (χ0) is 26.6. The number of ether oxygens (including phenoxy) is 2. The van der Waals surface area contributed by atoms with Crippen molar-refractivity contribution in [2.45, 2.75) is 13.5 Å². The van der Waals surface area contributed by atoms with E-state index in [1.807, 2.05) is 71.6 Å². The Kier molecular flexibility index (Phi) is 7.29. The predicted molar refractivity (Wildman–Crippen MR) is 155 cm³/mol. The Balaban J connectivity index is 1.26. The molecule has 8 heteroatoms. The monoisotopic (exact) mass is 536 g/mol. The van der Waals surface area contributed by atoms with E-state index in [1.54, 1.807) is 0 Å². The third kappa shape index (κ3) is 5.82. The van der Waals surface area contributed by atoms with E-state index >= 15 is 0 Å². The number of thioether (sulfide) groups is 1. The first-order valence-corrected chi connectivity index (χ1v) is 13.7. The van der Waals surface area contributed by atoms with Gasteiger partial charge in [-0.2, -0.15) is 10.1 Å². The van der Waals surface area contributed by atoms with E-state index in [9.17, 15) is 4.79 Å². The summed E-state index contributed by atoms with van der Waals surface area (Å²) in [6.07, 6.45) is 3.85. The smallest absolute Gasteiger partial charge is 0.286 e. The SMILES string of the molecule is Cc1ccc(COc2ccc(-c3nn(-c4ccccc4)cc3C=C3SC(N4CCOCC4)=NC3=O)cc2)cc1. The highest BCUT2D eigenvalue weighted by molar-refractivity contribution is 8.18. The maximum absolute atomic E-state index is 12.8. The highest BCUT2D eigenvalue weighted by Gasteiger charge is 2.28. The van der Waals surface area contributed by atoms with Crippen molar-refractivity contribution < 1.29 is 14.3 Å². The molecule has 0 saturated carbocycles. The van der Waals surface area contributed by atoms with Crippen LogP contribution in [-0.2, 0) is 16.1 Å². The molecule has 0 aliphatic carbocycles. The maximum Gasteiger partial charge on any atom is 0.286 e. The Labute approximate surface area is 231 Å². The molecule has 0 radical (unpaired) electrons. The van der Waals surface area contributed by atoms with Gasteiger partial charge < -0.3 is 14.4 Å². The van der Waals surface area contributed by atoms with Crippen LogP contribution in [0.3, 0.4) is 0 Å². The second kappa shape index (κ2) is 11.3. The maximum atomic E-state index is 12.8. The molecule has 4 aromatic rings. The van der Waals surface area contributed by atoms with E-state index in [4.69, 9.17) is 14.6 Å². The van der Waals surface area contributed by atoms with Crippen LogP contribution in [0.25, 0.3) is 23.0 Å². The number of rotatable bonds is 6. The van der Waals surface area contributed by atoms with Gasteiger partial charge in [0.15, 0.2) is 5.17 Å². The van der Waals surface area contributed by atoms with Crippen LogP contribution in [0.2, 0.25) is 0 Å². The summed E-state index contributed by atoms with van der Waals surface area (Å²) < 4.78 is 13.3. The van der Waals surface area contributed by atoms with Crippen LogP contribution in [0.5, 0.6) is 5.75 Å². The first-order valence-electron chi connectivity index (χ1n) is 12.9. The lowest BCUT2D eigenvalue weighted by Gasteiger charge is -2.27. The number of amidine groups is 1. The second-order valence-electron chi connectivity index (χ2n) is 9.42. The van der Waals surface area contributed by atoms with Gasteiger partial charge in [-0.15, -0.1) is 0 Å². The molecular formula is C31H28N4O3S. The van der Waals surface area contributed by atoms with E-state index in [0.717, 1.165) is 52.1 Å². The van der Waals surface area contributed by atoms with Crippen molar-refractivity contribution in [3.05, 3.63) is 107 Å². The van der Waals surface area contributed by atoms with Crippen molar-refractivity contribution in [3.63, 3.8) is 0 Å². The summed E-state index contributed by atoms with van der Waals surface area (Å²) in [5.41, 5.74) is 5.86. The van der Waals surface area contributed by atoms with Crippen LogP contribution in [-0.4, -0.2) is 52.1 Å². The van der Waals surface area contributed by atoms with Crippen LogP contribution >= 0.6 is 11.8 Å². The molecule has 0 unspecified atom stereocenters. The number of para-hydroxylation sites is 1. The summed E-state index contributed by atoms with van der Waals surface area (Å²) in [6.45, 7) is 5.34. The first kappa shape index (κ1) is 25.2. The van der Waals surface area contributed by atoms with Gasteiger partial charge in [0.25, 0.3) is 5.91 Å². The fourth-order valence-electron chi connectivity index (χ4n) is 4.42. The Hall–Kier alpha value is -4.14. The molecule has 0 spiro atoms. The van der Waals surface area contributed by atoms with Crippen LogP contribution in [0.1, 0.15) is 16.7 Å². The van der Waals surface area contributed by atoms with Gasteiger partial charge >= 0.3 is 0 Å². The van der Waals surface area contributed by atoms with E-state index in [2.05, 4.69) is 41.1 Å². The molecule has 1 aromatic heterocycles. The summed E-state index contributed by atoms with van der Waals surface area (Å²) >= 11 is 1.41. The molecule has 1 saturated heterocycles. The van der Waals surface area contributed by atoms with Crippen molar-refractivity contribution in [2.24, 2.45) is 4.99 Å². The van der Waals surface area contributed by atoms with Gasteiger partial charge in [-0.1, -0.05) is 48.0 Å². The summed E-state index contributed by atoms with van der Waals surface area (Å²) in [6, 6.07) is 26.2. The summed E-state index contributed by atoms with van der Waals surface area (Å²) in [5.74, 6) is 0.562. The van der Waals surface area contributed by atoms with Gasteiger partial charge in [-0.25, -0.2) is 4.68 Å². The predicted octanol–water partition coefficient (Wildman–Crippen LogP) is 5.73. The van der Waals surface area contributed by atoms with Crippen LogP contribution < -0.4 is 4.74 Å². The number of carbonyl (C=O) groups is 1. The van der Waals surface area contributed by atoms with Crippen molar-refractivity contribution in [1.29, 1.82) is 0 Å². The molecular weight excluding hydrogens is 508 g/mol. The lowest BCUT2D eigenvalue weighted by atomic mass is 10.1. The Morgan fingerprint density at radius 3 is 2.46 bits per heavy atom. The minimum absolute atomic E-state index is 0.222. The van der Waals surface area contributed by atoms with Crippen LogP contribution in [0.15, 0.2) is 95.0 Å². The molecule has 196 valence electrons. The second-order valence-corrected chi connectivity index (χ2v) is 10.4. The number of hydrogen-bond acceptors (Lipinski definition) is 6. The number of aliphatic imine (C=N–C) groups is 1. The minimum atomic E-state index is -0.222. The fourth-order valence-corrected chi connectivity index (χ4v) is 5.38. The van der Waals surface area contributed by atoms with Crippen LogP contribution in [0, 0.1) is 6.92 Å². The van der Waals surface area contributed by atoms with Crippen molar-refractivity contribution in [1.82, 2.24) is 14.7 Å². The normalized spacial score (nSPS) is 16.5. The molecule has 0 N–H and O–H groups in total. The van der Waals surface area contributed by atoms with E-state index in [-0.39, 0.29) is 5.91 Å². The standard InChI is InChI=1S/C31H28N4O3S/c1-22-7-9-23(10-8-22)21-38-27-13-11-24(12-14-27)29-25(20-35(33-29)26-5-3-2-4-6-26)19-28-30(36)32-31(39-28)34-15-17-37-18-16-34/h2-14,19-20H,15-18,21H2,1H3. The number of benzene rings is 3. The molecule has 39 heavy (non-hydrogen) atoms. The third-order valence-corrected chi connectivity index (χ3v) is 7.64. The highest BCUT2D eigenvalue weighted by atomic mass is 32.2. The number of aryl methyl sites for hydroxylation is 1. The van der Waals surface area contributed by atoms with E-state index in [0.29, 0.717) is 24.7 Å². The van der Waals surface area contributed by atoms with Gasteiger partial charge in [0.1, 0.15) is 12.4 Å². The highest BCUT2D eigenvalue weighted by Crippen LogP contribution is 2.34.